The molecule has 0 fully saturated rings. The average molecular weight is 265 g/mol. The van der Waals surface area contributed by atoms with Gasteiger partial charge in [-0.2, -0.15) is 0 Å². The third kappa shape index (κ3) is 2.71. The van der Waals surface area contributed by atoms with Crippen LogP contribution in [-0.4, -0.2) is 20.6 Å². The van der Waals surface area contributed by atoms with E-state index in [0.717, 1.165) is 17.7 Å². The van der Waals surface area contributed by atoms with E-state index in [4.69, 9.17) is 16.7 Å². The van der Waals surface area contributed by atoms with Crippen LogP contribution in [0.5, 0.6) is 0 Å². The minimum atomic E-state index is -0.985. The van der Waals surface area contributed by atoms with Crippen LogP contribution in [0.3, 0.4) is 0 Å². The van der Waals surface area contributed by atoms with Crippen LogP contribution in [-0.2, 0) is 19.9 Å². The van der Waals surface area contributed by atoms with Crippen molar-refractivity contribution >= 4 is 17.6 Å². The lowest BCUT2D eigenvalue weighted by Crippen LogP contribution is -2.06. The summed E-state index contributed by atoms with van der Waals surface area (Å²) < 4.78 is 1.75. The number of benzene rings is 1. The molecule has 0 unspecified atom stereocenters. The fraction of sp³-hybridized carbons (Fsp3) is 0.231. The number of carbonyl (C=O) groups is 1. The fourth-order valence-corrected chi connectivity index (χ4v) is 1.97. The first-order valence-electron chi connectivity index (χ1n) is 5.56. The van der Waals surface area contributed by atoms with Crippen molar-refractivity contribution in [2.45, 2.75) is 12.8 Å². The second kappa shape index (κ2) is 5.23. The molecule has 0 bridgehead atoms. The Balaban J connectivity index is 2.12. The summed E-state index contributed by atoms with van der Waals surface area (Å²) in [4.78, 5) is 14.9. The smallest absolute Gasteiger partial charge is 0.356 e. The summed E-state index contributed by atoms with van der Waals surface area (Å²) >= 11 is 5.81. The van der Waals surface area contributed by atoms with Crippen LogP contribution < -0.4 is 0 Å². The third-order valence-electron chi connectivity index (χ3n) is 2.83. The highest BCUT2D eigenvalue weighted by Gasteiger charge is 2.15. The summed E-state index contributed by atoms with van der Waals surface area (Å²) in [5.74, 6) is -0.985. The maximum atomic E-state index is 11.0. The number of imidazole rings is 1. The van der Waals surface area contributed by atoms with E-state index < -0.39 is 5.97 Å². The Hall–Kier alpha value is -1.81. The van der Waals surface area contributed by atoms with Crippen molar-refractivity contribution in [3.63, 3.8) is 0 Å². The number of halogens is 1. The number of hydrogen-bond acceptors (Lipinski definition) is 2. The highest BCUT2D eigenvalue weighted by atomic mass is 35.5. The molecule has 94 valence electrons. The van der Waals surface area contributed by atoms with Gasteiger partial charge in [0.15, 0.2) is 5.69 Å². The zero-order valence-electron chi connectivity index (χ0n) is 9.93. The van der Waals surface area contributed by atoms with Crippen molar-refractivity contribution in [3.8, 4) is 0 Å². The van der Waals surface area contributed by atoms with Crippen molar-refractivity contribution in [2.24, 2.45) is 7.05 Å². The van der Waals surface area contributed by atoms with Gasteiger partial charge in [0.25, 0.3) is 0 Å². The molecule has 0 radical (unpaired) electrons. The zero-order chi connectivity index (χ0) is 13.1. The monoisotopic (exact) mass is 264 g/mol. The lowest BCUT2D eigenvalue weighted by atomic mass is 10.1. The number of hydrogen-bond donors (Lipinski definition) is 1. The van der Waals surface area contributed by atoms with Crippen LogP contribution in [0, 0.1) is 0 Å². The van der Waals surface area contributed by atoms with Gasteiger partial charge < -0.3 is 9.67 Å². The summed E-state index contributed by atoms with van der Waals surface area (Å²) in [5.41, 5.74) is 1.99. The second-order valence-electron chi connectivity index (χ2n) is 4.08. The molecule has 4 nitrogen and oxygen atoms in total. The number of rotatable bonds is 4. The number of carboxylic acid groups (broad SMARTS) is 1. The van der Waals surface area contributed by atoms with Crippen LogP contribution >= 0.6 is 11.6 Å². The number of aromatic carboxylic acids is 1. The average Bonchev–Trinajstić information content (AvgIpc) is 2.70. The van der Waals surface area contributed by atoms with Crippen molar-refractivity contribution in [1.29, 1.82) is 0 Å². The van der Waals surface area contributed by atoms with E-state index in [2.05, 4.69) is 4.98 Å². The van der Waals surface area contributed by atoms with E-state index in [0.29, 0.717) is 11.4 Å². The maximum Gasteiger partial charge on any atom is 0.356 e. The first kappa shape index (κ1) is 12.6. The normalized spacial score (nSPS) is 10.6. The Labute approximate surface area is 110 Å². The molecule has 18 heavy (non-hydrogen) atoms. The number of nitrogens with zero attached hydrogens (tertiary/aromatic N) is 2. The SMILES string of the molecule is Cn1cnc(C(=O)O)c1CCc1ccc(Cl)cc1. The van der Waals surface area contributed by atoms with Crippen molar-refractivity contribution in [3.05, 3.63) is 52.6 Å². The molecular weight excluding hydrogens is 252 g/mol. The largest absolute Gasteiger partial charge is 0.476 e. The van der Waals surface area contributed by atoms with Gasteiger partial charge in [0, 0.05) is 12.1 Å². The van der Waals surface area contributed by atoms with E-state index in [1.165, 1.54) is 6.33 Å². The van der Waals surface area contributed by atoms with Gasteiger partial charge in [-0.15, -0.1) is 0 Å². The van der Waals surface area contributed by atoms with Gasteiger partial charge in [-0.05, 0) is 30.5 Å². The van der Waals surface area contributed by atoms with Gasteiger partial charge in [-0.25, -0.2) is 9.78 Å². The summed E-state index contributed by atoms with van der Waals surface area (Å²) in [6, 6.07) is 7.55. The van der Waals surface area contributed by atoms with Crippen LogP contribution in [0.15, 0.2) is 30.6 Å². The van der Waals surface area contributed by atoms with Crippen molar-refractivity contribution in [1.82, 2.24) is 9.55 Å². The quantitative estimate of drug-likeness (QED) is 0.923. The van der Waals surface area contributed by atoms with Crippen LogP contribution in [0.1, 0.15) is 21.7 Å². The summed E-state index contributed by atoms with van der Waals surface area (Å²) in [6.07, 6.45) is 2.93. The van der Waals surface area contributed by atoms with E-state index in [1.807, 2.05) is 24.3 Å². The summed E-state index contributed by atoms with van der Waals surface area (Å²) in [7, 11) is 1.80. The molecule has 0 saturated carbocycles. The molecule has 5 heteroatoms. The first-order valence-corrected chi connectivity index (χ1v) is 5.93. The number of aryl methyl sites for hydroxylation is 2. The van der Waals surface area contributed by atoms with Crippen LogP contribution in [0.4, 0.5) is 0 Å². The molecule has 1 aromatic heterocycles. The van der Waals surface area contributed by atoms with Gasteiger partial charge in [0.05, 0.1) is 12.0 Å². The lowest BCUT2D eigenvalue weighted by molar-refractivity contribution is 0.0689. The summed E-state index contributed by atoms with van der Waals surface area (Å²) in [5, 5.41) is 9.72. The highest BCUT2D eigenvalue weighted by Crippen LogP contribution is 2.14. The number of carboxylic acids is 1. The predicted octanol–water partition coefficient (Wildman–Crippen LogP) is 2.56. The maximum absolute atomic E-state index is 11.0. The van der Waals surface area contributed by atoms with E-state index in [9.17, 15) is 4.79 Å². The molecule has 0 aliphatic carbocycles. The van der Waals surface area contributed by atoms with Gasteiger partial charge in [0.1, 0.15) is 0 Å². The topological polar surface area (TPSA) is 55.1 Å². The van der Waals surface area contributed by atoms with Gasteiger partial charge in [0.2, 0.25) is 0 Å². The Bertz CT molecular complexity index is 561. The standard InChI is InChI=1S/C13H13ClN2O2/c1-16-8-15-12(13(17)18)11(16)7-4-9-2-5-10(14)6-3-9/h2-3,5-6,8H,4,7H2,1H3,(H,17,18). The molecule has 2 rings (SSSR count). The molecule has 0 amide bonds. The van der Waals surface area contributed by atoms with E-state index >= 15 is 0 Å². The molecule has 0 saturated heterocycles. The van der Waals surface area contributed by atoms with Crippen LogP contribution in [0.2, 0.25) is 5.02 Å². The van der Waals surface area contributed by atoms with Crippen LogP contribution in [0.25, 0.3) is 0 Å². The van der Waals surface area contributed by atoms with Gasteiger partial charge in [-0.1, -0.05) is 23.7 Å². The van der Waals surface area contributed by atoms with E-state index in [1.54, 1.807) is 11.6 Å². The molecule has 0 aliphatic rings. The molecular formula is C13H13ClN2O2. The Morgan fingerprint density at radius 1 is 1.33 bits per heavy atom. The highest BCUT2D eigenvalue weighted by molar-refractivity contribution is 6.30. The molecule has 0 atom stereocenters. The minimum absolute atomic E-state index is 0.131. The third-order valence-corrected chi connectivity index (χ3v) is 3.08. The molecule has 2 aromatic rings. The number of aromatic nitrogens is 2. The predicted molar refractivity (Wildman–Crippen MR) is 69.0 cm³/mol. The van der Waals surface area contributed by atoms with E-state index in [-0.39, 0.29) is 5.69 Å². The van der Waals surface area contributed by atoms with Gasteiger partial charge >= 0.3 is 5.97 Å². The molecule has 0 aliphatic heterocycles. The summed E-state index contributed by atoms with van der Waals surface area (Å²) in [6.45, 7) is 0. The first-order chi connectivity index (χ1) is 8.58. The van der Waals surface area contributed by atoms with Crippen molar-refractivity contribution < 1.29 is 9.90 Å². The Morgan fingerprint density at radius 3 is 2.61 bits per heavy atom. The minimum Gasteiger partial charge on any atom is -0.476 e. The zero-order valence-corrected chi connectivity index (χ0v) is 10.7. The fourth-order valence-electron chi connectivity index (χ4n) is 1.84. The molecule has 1 N–H and O–H groups in total. The van der Waals surface area contributed by atoms with Crippen molar-refractivity contribution in [2.75, 3.05) is 0 Å². The molecule has 0 spiro atoms. The Kier molecular flexibility index (Phi) is 3.67. The molecule has 1 aromatic carbocycles. The Morgan fingerprint density at radius 2 is 2.00 bits per heavy atom. The van der Waals surface area contributed by atoms with Gasteiger partial charge in [-0.3, -0.25) is 0 Å². The second-order valence-corrected chi connectivity index (χ2v) is 4.52. The lowest BCUT2D eigenvalue weighted by Gasteiger charge is -2.04. The molecule has 1 heterocycles.